The van der Waals surface area contributed by atoms with Gasteiger partial charge in [-0.2, -0.15) is 0 Å². The first-order valence-electron chi connectivity index (χ1n) is 28.9. The van der Waals surface area contributed by atoms with E-state index in [2.05, 4.69) is 92.3 Å². The molecule has 0 spiro atoms. The minimum Gasteiger partial charge on any atom is -0.395 e. The summed E-state index contributed by atoms with van der Waals surface area (Å²) in [6.45, 7) is 14.7. The van der Waals surface area contributed by atoms with E-state index in [1.807, 2.05) is 79.0 Å². The maximum absolute atomic E-state index is 13.6. The van der Waals surface area contributed by atoms with E-state index in [9.17, 15) is 23.2 Å². The molecule has 4 heterocycles. The molecule has 3 aromatic carbocycles. The van der Waals surface area contributed by atoms with Gasteiger partial charge in [0.25, 0.3) is 0 Å². The SMILES string of the molecule is CCN(CCO)CCCC(C)Nc1ccnc2cc(Cl)ccc12.Cc1nnc(C(C)C)n1C1C[C@H]2CC[C@@H](C1)N2CC[C@H](NC(=O)C1CCC(F)(F)CC1)c1ccccc1.O=C(CCCCCCC(=O)Nc1ccccc1)NO. The van der Waals surface area contributed by atoms with Gasteiger partial charge in [-0.25, -0.2) is 14.3 Å². The number of benzene rings is 3. The fourth-order valence-corrected chi connectivity index (χ4v) is 11.6. The van der Waals surface area contributed by atoms with Crippen LogP contribution in [0.15, 0.2) is 91.1 Å². The normalized spacial score (nSPS) is 18.7. The summed E-state index contributed by atoms with van der Waals surface area (Å²) < 4.78 is 29.6. The number of unbranched alkanes of at least 4 members (excludes halogenated alkanes) is 3. The number of anilines is 2. The number of aryl methyl sites for hydroxylation is 1. The highest BCUT2D eigenvalue weighted by atomic mass is 35.5. The Morgan fingerprint density at radius 1 is 0.810 bits per heavy atom. The number of rotatable bonds is 25. The number of alkyl halides is 2. The Morgan fingerprint density at radius 2 is 1.47 bits per heavy atom. The lowest BCUT2D eigenvalue weighted by Gasteiger charge is -2.40. The molecule has 2 aromatic heterocycles. The maximum atomic E-state index is 13.6. The van der Waals surface area contributed by atoms with Gasteiger partial charge in [0.1, 0.15) is 11.6 Å². The monoisotopic (exact) mass is 1110 g/mol. The Morgan fingerprint density at radius 3 is 2.10 bits per heavy atom. The number of halogens is 3. The number of nitrogens with zero attached hydrogens (tertiary/aromatic N) is 6. The zero-order valence-corrected chi connectivity index (χ0v) is 48.0. The number of hydrogen-bond acceptors (Lipinski definition) is 11. The fourth-order valence-electron chi connectivity index (χ4n) is 11.4. The van der Waals surface area contributed by atoms with Gasteiger partial charge in [-0.15, -0.1) is 10.2 Å². The molecule has 5 atom stereocenters. The highest BCUT2D eigenvalue weighted by molar-refractivity contribution is 6.31. The highest BCUT2D eigenvalue weighted by Gasteiger charge is 2.43. The minimum absolute atomic E-state index is 0.0132. The second-order valence-corrected chi connectivity index (χ2v) is 22.4. The molecular formula is C61H87ClF2N10O5. The smallest absolute Gasteiger partial charge is 0.248 e. The van der Waals surface area contributed by atoms with E-state index >= 15 is 0 Å². The van der Waals surface area contributed by atoms with Crippen molar-refractivity contribution in [3.63, 3.8) is 0 Å². The van der Waals surface area contributed by atoms with Gasteiger partial charge in [0.2, 0.25) is 23.6 Å². The van der Waals surface area contributed by atoms with Crippen molar-refractivity contribution in [1.29, 1.82) is 0 Å². The fraction of sp³-hybridized carbons (Fsp3) is 0.574. The predicted octanol–water partition coefficient (Wildman–Crippen LogP) is 12.2. The van der Waals surface area contributed by atoms with Gasteiger partial charge in [-0.05, 0) is 140 Å². The molecule has 3 amide bonds. The lowest BCUT2D eigenvalue weighted by Crippen LogP contribution is -2.45. The third-order valence-corrected chi connectivity index (χ3v) is 16.0. The zero-order valence-electron chi connectivity index (χ0n) is 47.2. The van der Waals surface area contributed by atoms with Gasteiger partial charge in [-0.1, -0.05) is 93.7 Å². The molecule has 2 saturated heterocycles. The number of nitrogens with one attached hydrogen (secondary N) is 4. The van der Waals surface area contributed by atoms with Crippen LogP contribution in [0.2, 0.25) is 5.02 Å². The number of aromatic nitrogens is 4. The third kappa shape index (κ3) is 19.9. The molecule has 6 N–H and O–H groups in total. The number of para-hydroxylation sites is 1. The lowest BCUT2D eigenvalue weighted by molar-refractivity contribution is -0.130. The minimum atomic E-state index is -2.62. The number of carbonyl (C=O) groups is 3. The van der Waals surface area contributed by atoms with Gasteiger partial charge in [0.15, 0.2) is 0 Å². The molecule has 3 aliphatic rings. The molecule has 8 rings (SSSR count). The quantitative estimate of drug-likeness (QED) is 0.0185. The first-order chi connectivity index (χ1) is 38.1. The number of carbonyl (C=O) groups excluding carboxylic acids is 3. The zero-order chi connectivity index (χ0) is 56.7. The van der Waals surface area contributed by atoms with Gasteiger partial charge >= 0.3 is 0 Å². The van der Waals surface area contributed by atoms with Crippen molar-refractivity contribution in [1.82, 2.24) is 40.3 Å². The second kappa shape index (κ2) is 32.0. The first-order valence-corrected chi connectivity index (χ1v) is 29.3. The molecule has 3 fully saturated rings. The average molecular weight is 1110 g/mol. The van der Waals surface area contributed by atoms with Crippen molar-refractivity contribution < 1.29 is 33.5 Å². The van der Waals surface area contributed by atoms with Crippen molar-refractivity contribution >= 4 is 51.6 Å². The molecular weight excluding hydrogens is 1030 g/mol. The van der Waals surface area contributed by atoms with Crippen LogP contribution in [0.5, 0.6) is 0 Å². The Bertz CT molecular complexity index is 2610. The van der Waals surface area contributed by atoms with E-state index in [0.717, 1.165) is 123 Å². The number of likely N-dealkylation sites (N-methyl/N-ethyl adjacent to an activating group) is 1. The van der Waals surface area contributed by atoms with Crippen molar-refractivity contribution in [2.24, 2.45) is 5.92 Å². The summed E-state index contributed by atoms with van der Waals surface area (Å²) >= 11 is 6.03. The van der Waals surface area contributed by atoms with Crippen molar-refractivity contribution in [3.05, 3.63) is 113 Å². The molecule has 1 aliphatic carbocycles. The second-order valence-electron chi connectivity index (χ2n) is 22.0. The summed E-state index contributed by atoms with van der Waals surface area (Å²) in [5, 5.41) is 37.6. The Balaban J connectivity index is 0.000000207. The van der Waals surface area contributed by atoms with E-state index in [-0.39, 0.29) is 62.0 Å². The van der Waals surface area contributed by atoms with Crippen LogP contribution in [0, 0.1) is 12.8 Å². The number of hydroxylamine groups is 1. The summed E-state index contributed by atoms with van der Waals surface area (Å²) in [6, 6.07) is 29.0. The molecule has 18 heteroatoms. The highest BCUT2D eigenvalue weighted by Crippen LogP contribution is 2.43. The summed E-state index contributed by atoms with van der Waals surface area (Å²) in [7, 11) is 0. The molecule has 0 radical (unpaired) electrons. The van der Waals surface area contributed by atoms with E-state index in [1.54, 1.807) is 5.48 Å². The molecule has 2 aliphatic heterocycles. The number of amides is 3. The van der Waals surface area contributed by atoms with E-state index < -0.39 is 5.92 Å². The number of pyridine rings is 1. The topological polar surface area (TPSA) is 190 Å². The molecule has 432 valence electrons. The molecule has 15 nitrogen and oxygen atoms in total. The van der Waals surface area contributed by atoms with Crippen LogP contribution in [0.4, 0.5) is 20.2 Å². The number of aliphatic hydroxyl groups excluding tert-OH is 1. The summed E-state index contributed by atoms with van der Waals surface area (Å²) in [6.07, 6.45) is 13.7. The van der Waals surface area contributed by atoms with Crippen LogP contribution in [-0.2, 0) is 14.4 Å². The standard InChI is InChI=1S/C29H41F2N5O.C18H26ClN3O.C14H20N2O3/c1-19(2)27-34-33-20(3)36(27)25-17-23-9-10-24(18-25)35(23)16-13-26(21-7-5-4-6-8-21)32-28(37)22-11-14-29(30,31)15-12-22;1-3-22(11-12-23)10-4-5-14(2)21-17-8-9-20-18-13-15(19)6-7-16(17)18;17-13(15-12-8-4-3-5-9-12)10-6-1-2-7-11-14(18)16-19/h4-8,19,22-26H,9-18H2,1-3H3,(H,32,37);6-9,13-14,23H,3-5,10-12H2,1-2H3,(H,20,21);3-5,8-9,19H,1-2,6-7,10-11H2,(H,15,17)(H,16,18)/t23-,24+,25?,26-;;/m0../s1. The number of piperidine rings is 1. The number of fused-ring (bicyclic) bond motifs is 3. The van der Waals surface area contributed by atoms with Gasteiger partial charge < -0.3 is 30.5 Å². The van der Waals surface area contributed by atoms with Crippen LogP contribution in [0.1, 0.15) is 172 Å². The molecule has 79 heavy (non-hydrogen) atoms. The van der Waals surface area contributed by atoms with Gasteiger partial charge in [-0.3, -0.25) is 29.5 Å². The maximum Gasteiger partial charge on any atom is 0.248 e. The molecule has 2 unspecified atom stereocenters. The van der Waals surface area contributed by atoms with E-state index in [0.29, 0.717) is 47.9 Å². The summed E-state index contributed by atoms with van der Waals surface area (Å²) in [5.74, 6) is -0.919. The summed E-state index contributed by atoms with van der Waals surface area (Å²) in [5.41, 5.74) is 5.51. The van der Waals surface area contributed by atoms with Crippen molar-refractivity contribution in [3.8, 4) is 0 Å². The molecule has 1 saturated carbocycles. The van der Waals surface area contributed by atoms with Crippen LogP contribution in [0.25, 0.3) is 10.9 Å². The largest absolute Gasteiger partial charge is 0.395 e. The Labute approximate surface area is 472 Å². The molecule has 5 aromatic rings. The Kier molecular flexibility index (Phi) is 25.4. The average Bonchev–Trinajstić information content (AvgIpc) is 4.03. The van der Waals surface area contributed by atoms with E-state index in [4.69, 9.17) is 21.9 Å². The third-order valence-electron chi connectivity index (χ3n) is 15.7. The van der Waals surface area contributed by atoms with Crippen LogP contribution < -0.4 is 21.4 Å². The predicted molar refractivity (Wildman–Crippen MR) is 310 cm³/mol. The number of hydrogen-bond donors (Lipinski definition) is 6. The number of aliphatic hydroxyl groups is 1. The lowest BCUT2D eigenvalue weighted by atomic mass is 9.86. The van der Waals surface area contributed by atoms with Crippen molar-refractivity contribution in [2.75, 3.05) is 43.4 Å². The van der Waals surface area contributed by atoms with Gasteiger partial charge in [0.05, 0.1) is 18.2 Å². The van der Waals surface area contributed by atoms with Crippen LogP contribution >= 0.6 is 11.6 Å². The van der Waals surface area contributed by atoms with Crippen molar-refractivity contribution in [2.45, 2.75) is 186 Å². The van der Waals surface area contributed by atoms with E-state index in [1.165, 1.54) is 12.8 Å². The Hall–Kier alpha value is -5.59. The first kappa shape index (κ1) is 62.6. The molecule has 2 bridgehead atoms. The summed E-state index contributed by atoms with van der Waals surface area (Å²) in [4.78, 5) is 44.7. The van der Waals surface area contributed by atoms with Gasteiger partial charge in [0, 0.05) is 103 Å². The van der Waals surface area contributed by atoms with Crippen LogP contribution in [0.3, 0.4) is 0 Å². The van der Waals surface area contributed by atoms with Crippen LogP contribution in [-0.4, -0.2) is 114 Å².